The molecule has 0 aromatic heterocycles. The summed E-state index contributed by atoms with van der Waals surface area (Å²) in [7, 11) is -3.83. The first-order chi connectivity index (χ1) is 12.3. The van der Waals surface area contributed by atoms with Crippen LogP contribution in [0.1, 0.15) is 18.9 Å². The van der Waals surface area contributed by atoms with Gasteiger partial charge in [-0.15, -0.1) is 0 Å². The minimum Gasteiger partial charge on any atom is -0.355 e. The Hall–Kier alpha value is -1.41. The van der Waals surface area contributed by atoms with Gasteiger partial charge in [-0.25, -0.2) is 8.42 Å². The van der Waals surface area contributed by atoms with Crippen molar-refractivity contribution in [3.63, 3.8) is 0 Å². The van der Waals surface area contributed by atoms with Gasteiger partial charge in [-0.3, -0.25) is 4.79 Å². The highest BCUT2D eigenvalue weighted by Crippen LogP contribution is 2.21. The van der Waals surface area contributed by atoms with Crippen molar-refractivity contribution in [2.75, 3.05) is 13.1 Å². The van der Waals surface area contributed by atoms with E-state index in [9.17, 15) is 13.2 Å². The molecule has 0 unspecified atom stereocenters. The van der Waals surface area contributed by atoms with Gasteiger partial charge in [0, 0.05) is 22.6 Å². The zero-order chi connectivity index (χ0) is 19.2. The van der Waals surface area contributed by atoms with E-state index in [1.165, 1.54) is 16.4 Å². The van der Waals surface area contributed by atoms with Crippen LogP contribution in [0.4, 0.5) is 0 Å². The van der Waals surface area contributed by atoms with Gasteiger partial charge in [0.2, 0.25) is 15.9 Å². The van der Waals surface area contributed by atoms with Gasteiger partial charge in [-0.1, -0.05) is 46.6 Å². The van der Waals surface area contributed by atoms with Crippen LogP contribution in [0, 0.1) is 0 Å². The highest BCUT2D eigenvalue weighted by molar-refractivity contribution is 9.10. The number of hydrogen-bond donors (Lipinski definition) is 1. The lowest BCUT2D eigenvalue weighted by molar-refractivity contribution is -0.121. The van der Waals surface area contributed by atoms with Crippen LogP contribution in [-0.2, 0) is 21.4 Å². The smallest absolute Gasteiger partial charge is 0.243 e. The molecule has 0 spiro atoms. The topological polar surface area (TPSA) is 66.5 Å². The van der Waals surface area contributed by atoms with E-state index < -0.39 is 10.0 Å². The van der Waals surface area contributed by atoms with Crippen molar-refractivity contribution in [3.8, 4) is 0 Å². The molecule has 2 aromatic carbocycles. The summed E-state index contributed by atoms with van der Waals surface area (Å²) in [6.45, 7) is 2.27. The van der Waals surface area contributed by atoms with E-state index in [0.29, 0.717) is 11.6 Å². The van der Waals surface area contributed by atoms with E-state index in [1.807, 2.05) is 6.92 Å². The van der Waals surface area contributed by atoms with Gasteiger partial charge in [0.1, 0.15) is 0 Å². The van der Waals surface area contributed by atoms with Crippen molar-refractivity contribution in [1.29, 1.82) is 0 Å². The van der Waals surface area contributed by atoms with Gasteiger partial charge in [0.05, 0.1) is 11.4 Å². The average Bonchev–Trinajstić information content (AvgIpc) is 2.61. The van der Waals surface area contributed by atoms with Crippen LogP contribution >= 0.6 is 27.5 Å². The molecular formula is C18H20BrClN2O3S. The second kappa shape index (κ2) is 9.50. The number of nitrogens with one attached hydrogen (secondary N) is 1. The lowest BCUT2D eigenvalue weighted by atomic mass is 10.2. The Morgan fingerprint density at radius 1 is 1.12 bits per heavy atom. The molecule has 1 amide bonds. The number of rotatable bonds is 8. The van der Waals surface area contributed by atoms with Crippen LogP contribution in [0.3, 0.4) is 0 Å². The number of carbonyl (C=O) groups excluding carboxylic acids is 1. The standard InChI is InChI=1S/C18H20BrClN2O3S/c1-2-11-21-18(23)13-22(12-14-3-7-16(20)8-4-14)26(24,25)17-9-5-15(19)6-10-17/h3-10H,2,11-13H2,1H3,(H,21,23). The molecule has 0 atom stereocenters. The van der Waals surface area contributed by atoms with Crippen molar-refractivity contribution >= 4 is 43.5 Å². The first-order valence-corrected chi connectivity index (χ1v) is 10.7. The normalized spacial score (nSPS) is 11.5. The molecule has 0 saturated heterocycles. The van der Waals surface area contributed by atoms with Crippen molar-refractivity contribution < 1.29 is 13.2 Å². The molecule has 26 heavy (non-hydrogen) atoms. The third kappa shape index (κ3) is 5.81. The van der Waals surface area contributed by atoms with Gasteiger partial charge in [-0.2, -0.15) is 4.31 Å². The Morgan fingerprint density at radius 3 is 2.31 bits per heavy atom. The summed E-state index contributed by atoms with van der Waals surface area (Å²) in [5, 5.41) is 3.28. The Balaban J connectivity index is 2.30. The molecule has 0 fully saturated rings. The van der Waals surface area contributed by atoms with E-state index >= 15 is 0 Å². The van der Waals surface area contributed by atoms with Crippen LogP contribution in [0.25, 0.3) is 0 Å². The first kappa shape index (κ1) is 20.9. The second-order valence-corrected chi connectivity index (χ2v) is 8.99. The number of carbonyl (C=O) groups is 1. The van der Waals surface area contributed by atoms with Gasteiger partial charge in [0.25, 0.3) is 0 Å². The number of hydrogen-bond acceptors (Lipinski definition) is 3. The fourth-order valence-corrected chi connectivity index (χ4v) is 4.03. The quantitative estimate of drug-likeness (QED) is 0.652. The highest BCUT2D eigenvalue weighted by atomic mass is 79.9. The van der Waals surface area contributed by atoms with Gasteiger partial charge in [0.15, 0.2) is 0 Å². The van der Waals surface area contributed by atoms with E-state index in [-0.39, 0.29) is 23.9 Å². The summed E-state index contributed by atoms with van der Waals surface area (Å²) < 4.78 is 28.0. The second-order valence-electron chi connectivity index (χ2n) is 5.70. The Morgan fingerprint density at radius 2 is 1.73 bits per heavy atom. The highest BCUT2D eigenvalue weighted by Gasteiger charge is 2.26. The zero-order valence-electron chi connectivity index (χ0n) is 14.3. The summed E-state index contributed by atoms with van der Waals surface area (Å²) in [5.74, 6) is -0.332. The molecule has 0 radical (unpaired) electrons. The molecule has 5 nitrogen and oxygen atoms in total. The van der Waals surface area contributed by atoms with E-state index in [0.717, 1.165) is 16.5 Å². The van der Waals surface area contributed by atoms with Crippen LogP contribution in [0.5, 0.6) is 0 Å². The summed E-state index contributed by atoms with van der Waals surface area (Å²) in [4.78, 5) is 12.3. The van der Waals surface area contributed by atoms with Crippen LogP contribution in [0.15, 0.2) is 57.9 Å². The molecule has 2 aromatic rings. The van der Waals surface area contributed by atoms with Crippen molar-refractivity contribution in [1.82, 2.24) is 9.62 Å². The van der Waals surface area contributed by atoms with Crippen molar-refractivity contribution in [3.05, 3.63) is 63.6 Å². The maximum atomic E-state index is 13.0. The number of nitrogens with zero attached hydrogens (tertiary/aromatic N) is 1. The fraction of sp³-hybridized carbons (Fsp3) is 0.278. The number of halogens is 2. The summed E-state index contributed by atoms with van der Waals surface area (Å²) in [6.07, 6.45) is 0.780. The van der Waals surface area contributed by atoms with E-state index in [2.05, 4.69) is 21.2 Å². The molecule has 140 valence electrons. The summed E-state index contributed by atoms with van der Waals surface area (Å²) >= 11 is 9.18. The SMILES string of the molecule is CCCNC(=O)CN(Cc1ccc(Cl)cc1)S(=O)(=O)c1ccc(Br)cc1. The monoisotopic (exact) mass is 458 g/mol. The summed E-state index contributed by atoms with van der Waals surface area (Å²) in [5.41, 5.74) is 0.748. The molecule has 1 N–H and O–H groups in total. The molecule has 0 aliphatic heterocycles. The van der Waals surface area contributed by atoms with Gasteiger partial charge in [-0.05, 0) is 48.4 Å². The van der Waals surface area contributed by atoms with Crippen molar-refractivity contribution in [2.24, 2.45) is 0 Å². The molecule has 0 aliphatic carbocycles. The molecule has 8 heteroatoms. The third-order valence-corrected chi connectivity index (χ3v) is 6.20. The molecule has 0 heterocycles. The minimum absolute atomic E-state index is 0.0785. The number of sulfonamides is 1. The van der Waals surface area contributed by atoms with E-state index in [1.54, 1.807) is 36.4 Å². The molecular weight excluding hydrogens is 440 g/mol. The average molecular weight is 460 g/mol. The first-order valence-electron chi connectivity index (χ1n) is 8.10. The zero-order valence-corrected chi connectivity index (χ0v) is 17.4. The molecule has 0 bridgehead atoms. The predicted molar refractivity (Wildman–Crippen MR) is 106 cm³/mol. The number of benzene rings is 2. The molecule has 0 aliphatic rings. The maximum absolute atomic E-state index is 13.0. The lowest BCUT2D eigenvalue weighted by Crippen LogP contribution is -2.40. The van der Waals surface area contributed by atoms with Gasteiger partial charge < -0.3 is 5.32 Å². The third-order valence-electron chi connectivity index (χ3n) is 3.62. The Kier molecular flexibility index (Phi) is 7.64. The van der Waals surface area contributed by atoms with Crippen LogP contribution < -0.4 is 5.32 Å². The van der Waals surface area contributed by atoms with E-state index in [4.69, 9.17) is 11.6 Å². The fourth-order valence-electron chi connectivity index (χ4n) is 2.26. The molecule has 2 rings (SSSR count). The largest absolute Gasteiger partial charge is 0.355 e. The van der Waals surface area contributed by atoms with Gasteiger partial charge >= 0.3 is 0 Å². The Bertz CT molecular complexity index is 840. The maximum Gasteiger partial charge on any atom is 0.243 e. The summed E-state index contributed by atoms with van der Waals surface area (Å²) in [6, 6.07) is 13.2. The van der Waals surface area contributed by atoms with Crippen molar-refractivity contribution in [2.45, 2.75) is 24.8 Å². The Labute approximate surface area is 167 Å². The molecule has 0 saturated carbocycles. The van der Waals surface area contributed by atoms with Crippen LogP contribution in [0.2, 0.25) is 5.02 Å². The lowest BCUT2D eigenvalue weighted by Gasteiger charge is -2.22. The van der Waals surface area contributed by atoms with Crippen LogP contribution in [-0.4, -0.2) is 31.7 Å². The predicted octanol–water partition coefficient (Wildman–Crippen LogP) is 3.82. The number of amides is 1. The minimum atomic E-state index is -3.83.